The lowest BCUT2D eigenvalue weighted by Gasteiger charge is -2.44. The number of hydrogen-bond donors (Lipinski definition) is 0. The maximum absolute atomic E-state index is 13.8. The predicted octanol–water partition coefficient (Wildman–Crippen LogP) is 4.40. The summed E-state index contributed by atoms with van der Waals surface area (Å²) in [5, 5.41) is 9.93. The van der Waals surface area contributed by atoms with Crippen molar-refractivity contribution in [3.8, 4) is 6.07 Å². The van der Waals surface area contributed by atoms with Gasteiger partial charge < -0.3 is 14.4 Å². The number of esters is 1. The molecule has 1 heterocycles. The molecule has 7 heteroatoms. The molecule has 1 atom stereocenters. The van der Waals surface area contributed by atoms with Crippen LogP contribution < -0.4 is 0 Å². The number of nitriles is 1. The third-order valence-electron chi connectivity index (χ3n) is 5.14. The average Bonchev–Trinajstić information content (AvgIpc) is 2.61. The van der Waals surface area contributed by atoms with Crippen LogP contribution in [0.5, 0.6) is 0 Å². The summed E-state index contributed by atoms with van der Waals surface area (Å²) in [6.45, 7) is 8.07. The van der Waals surface area contributed by atoms with Gasteiger partial charge in [-0.1, -0.05) is 12.1 Å². The smallest absolute Gasteiger partial charge is 0.410 e. The topological polar surface area (TPSA) is 79.6 Å². The van der Waals surface area contributed by atoms with Crippen molar-refractivity contribution < 1.29 is 23.5 Å². The SMILES string of the molecule is CCOC(=O)CC1(C(C#N)c2cccc(F)c2)CCN(C(=O)OC(C)(C)C)CC1. The molecular formula is C22H29FN2O4. The molecular weight excluding hydrogens is 375 g/mol. The normalized spacial score (nSPS) is 17.2. The highest BCUT2D eigenvalue weighted by Gasteiger charge is 2.45. The van der Waals surface area contributed by atoms with Crippen LogP contribution in [0.4, 0.5) is 9.18 Å². The molecule has 0 spiro atoms. The highest BCUT2D eigenvalue weighted by atomic mass is 19.1. The maximum atomic E-state index is 13.8. The summed E-state index contributed by atoms with van der Waals surface area (Å²) in [6, 6.07) is 8.19. The number of nitrogens with zero attached hydrogens (tertiary/aromatic N) is 2. The van der Waals surface area contributed by atoms with Crippen molar-refractivity contribution in [2.45, 2.75) is 58.5 Å². The molecule has 0 aliphatic carbocycles. The molecule has 1 amide bonds. The first-order valence-corrected chi connectivity index (χ1v) is 9.89. The molecule has 1 aliphatic rings. The third kappa shape index (κ3) is 5.93. The van der Waals surface area contributed by atoms with Crippen molar-refractivity contribution >= 4 is 12.1 Å². The van der Waals surface area contributed by atoms with E-state index in [2.05, 4.69) is 6.07 Å². The predicted molar refractivity (Wildman–Crippen MR) is 105 cm³/mol. The number of piperidine rings is 1. The first kappa shape index (κ1) is 22.7. The fourth-order valence-corrected chi connectivity index (χ4v) is 3.78. The van der Waals surface area contributed by atoms with Crippen molar-refractivity contribution in [3.63, 3.8) is 0 Å². The van der Waals surface area contributed by atoms with E-state index in [9.17, 15) is 19.2 Å². The summed E-state index contributed by atoms with van der Waals surface area (Å²) in [6.07, 6.45) is 0.457. The molecule has 6 nitrogen and oxygen atoms in total. The van der Waals surface area contributed by atoms with Gasteiger partial charge in [0.25, 0.3) is 0 Å². The molecule has 0 radical (unpaired) electrons. The fourth-order valence-electron chi connectivity index (χ4n) is 3.78. The quantitative estimate of drug-likeness (QED) is 0.680. The molecule has 0 bridgehead atoms. The Morgan fingerprint density at radius 3 is 2.48 bits per heavy atom. The summed E-state index contributed by atoms with van der Waals surface area (Å²) in [5.74, 6) is -1.52. The average molecular weight is 404 g/mol. The van der Waals surface area contributed by atoms with E-state index >= 15 is 0 Å². The van der Waals surface area contributed by atoms with E-state index in [4.69, 9.17) is 9.47 Å². The number of halogens is 1. The minimum Gasteiger partial charge on any atom is -0.466 e. The highest BCUT2D eigenvalue weighted by molar-refractivity contribution is 5.71. The van der Waals surface area contributed by atoms with Gasteiger partial charge >= 0.3 is 12.1 Å². The van der Waals surface area contributed by atoms with Crippen LogP contribution in [0.25, 0.3) is 0 Å². The van der Waals surface area contributed by atoms with E-state index in [1.807, 2.05) is 0 Å². The summed E-state index contributed by atoms with van der Waals surface area (Å²) < 4.78 is 24.4. The number of rotatable bonds is 5. The Kier molecular flexibility index (Phi) is 7.23. The summed E-state index contributed by atoms with van der Waals surface area (Å²) in [5.41, 5.74) is -0.817. The zero-order valence-electron chi connectivity index (χ0n) is 17.5. The van der Waals surface area contributed by atoms with E-state index in [0.29, 0.717) is 31.5 Å². The van der Waals surface area contributed by atoms with Crippen LogP contribution in [-0.4, -0.2) is 42.3 Å². The van der Waals surface area contributed by atoms with Crippen molar-refractivity contribution in [2.24, 2.45) is 5.41 Å². The Morgan fingerprint density at radius 1 is 1.31 bits per heavy atom. The first-order valence-electron chi connectivity index (χ1n) is 9.89. The Morgan fingerprint density at radius 2 is 1.97 bits per heavy atom. The minimum atomic E-state index is -0.743. The molecule has 1 fully saturated rings. The first-order chi connectivity index (χ1) is 13.6. The number of carbonyl (C=O) groups is 2. The summed E-state index contributed by atoms with van der Waals surface area (Å²) in [7, 11) is 0. The number of ether oxygens (including phenoxy) is 2. The van der Waals surface area contributed by atoms with Gasteiger partial charge in [0, 0.05) is 18.5 Å². The third-order valence-corrected chi connectivity index (χ3v) is 5.14. The number of carbonyl (C=O) groups excluding carboxylic acids is 2. The van der Waals surface area contributed by atoms with Crippen molar-refractivity contribution in [2.75, 3.05) is 19.7 Å². The largest absolute Gasteiger partial charge is 0.466 e. The van der Waals surface area contributed by atoms with Crippen molar-refractivity contribution in [1.82, 2.24) is 4.90 Å². The van der Waals surface area contributed by atoms with Gasteiger partial charge in [-0.25, -0.2) is 9.18 Å². The van der Waals surface area contributed by atoms with Gasteiger partial charge in [-0.3, -0.25) is 4.79 Å². The molecule has 1 unspecified atom stereocenters. The van der Waals surface area contributed by atoms with Crippen molar-refractivity contribution in [1.29, 1.82) is 5.26 Å². The zero-order valence-corrected chi connectivity index (χ0v) is 17.5. The zero-order chi connectivity index (χ0) is 21.7. The minimum absolute atomic E-state index is 0.0394. The van der Waals surface area contributed by atoms with Crippen LogP contribution in [0.2, 0.25) is 0 Å². The second kappa shape index (κ2) is 9.25. The molecule has 1 saturated heterocycles. The molecule has 158 valence electrons. The molecule has 29 heavy (non-hydrogen) atoms. The Bertz CT molecular complexity index is 774. The van der Waals surface area contributed by atoms with E-state index in [0.717, 1.165) is 0 Å². The van der Waals surface area contributed by atoms with E-state index in [1.165, 1.54) is 12.1 Å². The monoisotopic (exact) mass is 404 g/mol. The lowest BCUT2D eigenvalue weighted by atomic mass is 9.65. The van der Waals surface area contributed by atoms with Gasteiger partial charge in [0.2, 0.25) is 0 Å². The molecule has 2 rings (SSSR count). The Hall–Kier alpha value is -2.62. The van der Waals surface area contributed by atoms with Gasteiger partial charge in [0.1, 0.15) is 11.4 Å². The molecule has 1 aliphatic heterocycles. The van der Waals surface area contributed by atoms with Crippen LogP contribution in [0, 0.1) is 22.6 Å². The van der Waals surface area contributed by atoms with Crippen molar-refractivity contribution in [3.05, 3.63) is 35.6 Å². The molecule has 0 N–H and O–H groups in total. The molecule has 1 aromatic carbocycles. The van der Waals surface area contributed by atoms with Crippen LogP contribution in [0.1, 0.15) is 58.4 Å². The van der Waals surface area contributed by atoms with Gasteiger partial charge in [0.15, 0.2) is 0 Å². The van der Waals surface area contributed by atoms with Crippen LogP contribution in [0.3, 0.4) is 0 Å². The fraction of sp³-hybridized carbons (Fsp3) is 0.591. The lowest BCUT2D eigenvalue weighted by Crippen LogP contribution is -2.47. The molecule has 1 aromatic rings. The molecule has 0 saturated carbocycles. The summed E-state index contributed by atoms with van der Waals surface area (Å²) in [4.78, 5) is 26.3. The Labute approximate surface area is 171 Å². The van der Waals surface area contributed by atoms with E-state index in [-0.39, 0.29) is 13.0 Å². The summed E-state index contributed by atoms with van der Waals surface area (Å²) >= 11 is 0. The lowest BCUT2D eigenvalue weighted by molar-refractivity contribution is -0.147. The number of amides is 1. The maximum Gasteiger partial charge on any atom is 0.410 e. The standard InChI is InChI=1S/C22H29FN2O4/c1-5-28-19(26)14-22(18(15-24)16-7-6-8-17(23)13-16)9-11-25(12-10-22)20(27)29-21(2,3)4/h6-8,13,18H,5,9-12,14H2,1-4H3. The van der Waals surface area contributed by atoms with Gasteiger partial charge in [-0.15, -0.1) is 0 Å². The van der Waals surface area contributed by atoms with Crippen LogP contribution in [-0.2, 0) is 14.3 Å². The van der Waals surface area contributed by atoms with E-state index < -0.39 is 34.8 Å². The Balaban J connectivity index is 2.27. The second-order valence-electron chi connectivity index (χ2n) is 8.43. The number of benzene rings is 1. The van der Waals surface area contributed by atoms with Crippen LogP contribution >= 0.6 is 0 Å². The van der Waals surface area contributed by atoms with Crippen LogP contribution in [0.15, 0.2) is 24.3 Å². The number of hydrogen-bond acceptors (Lipinski definition) is 5. The van der Waals surface area contributed by atoms with Gasteiger partial charge in [-0.05, 0) is 58.2 Å². The van der Waals surface area contributed by atoms with Gasteiger partial charge in [-0.2, -0.15) is 5.26 Å². The second-order valence-corrected chi connectivity index (χ2v) is 8.43. The number of likely N-dealkylation sites (tertiary alicyclic amines) is 1. The van der Waals surface area contributed by atoms with E-state index in [1.54, 1.807) is 44.7 Å². The molecule has 0 aromatic heterocycles. The van der Waals surface area contributed by atoms with Gasteiger partial charge in [0.05, 0.1) is 25.0 Å². The highest BCUT2D eigenvalue weighted by Crippen LogP contribution is 2.47.